The Labute approximate surface area is 85.2 Å². The third-order valence-corrected chi connectivity index (χ3v) is 2.36. The van der Waals surface area contributed by atoms with E-state index in [1.165, 1.54) is 0 Å². The van der Waals surface area contributed by atoms with Crippen molar-refractivity contribution in [3.63, 3.8) is 0 Å². The van der Waals surface area contributed by atoms with E-state index in [-0.39, 0.29) is 5.91 Å². The summed E-state index contributed by atoms with van der Waals surface area (Å²) in [5.74, 6) is 2.59. The maximum Gasteiger partial charge on any atom is 0.236 e. The second-order valence-corrected chi connectivity index (χ2v) is 3.49. The molecule has 4 heteroatoms. The molecule has 1 fully saturated rings. The number of terminal acetylenes is 1. The molecule has 1 rings (SSSR count). The highest BCUT2D eigenvalue weighted by Crippen LogP contribution is 1.98. The molecule has 0 saturated carbocycles. The van der Waals surface area contributed by atoms with Gasteiger partial charge < -0.3 is 9.80 Å². The lowest BCUT2D eigenvalue weighted by atomic mass is 10.3. The Bertz CT molecular complexity index is 226. The van der Waals surface area contributed by atoms with Crippen LogP contribution in [-0.2, 0) is 4.79 Å². The van der Waals surface area contributed by atoms with Crippen molar-refractivity contribution in [2.75, 3.05) is 46.3 Å². The second-order valence-electron chi connectivity index (χ2n) is 3.49. The van der Waals surface area contributed by atoms with Gasteiger partial charge in [-0.05, 0) is 7.05 Å². The molecule has 1 heterocycles. The fourth-order valence-electron chi connectivity index (χ4n) is 1.41. The number of piperazine rings is 1. The average Bonchev–Trinajstić information content (AvgIpc) is 2.19. The average molecular weight is 195 g/mol. The van der Waals surface area contributed by atoms with Crippen LogP contribution in [0, 0.1) is 12.3 Å². The van der Waals surface area contributed by atoms with E-state index in [0.29, 0.717) is 13.1 Å². The summed E-state index contributed by atoms with van der Waals surface area (Å²) in [6.45, 7) is 4.38. The highest BCUT2D eigenvalue weighted by atomic mass is 16.2. The molecule has 0 spiro atoms. The number of hydrogen-bond acceptors (Lipinski definition) is 3. The second kappa shape index (κ2) is 5.63. The molecule has 0 aliphatic carbocycles. The molecule has 1 N–H and O–H groups in total. The standard InChI is InChI=1S/C10H17N3O/c1-3-4-11-9-10(14)13-7-5-12(2)6-8-13/h1,11H,4-9H2,2H3. The van der Waals surface area contributed by atoms with Gasteiger partial charge in [0.05, 0.1) is 13.1 Å². The zero-order valence-corrected chi connectivity index (χ0v) is 8.62. The lowest BCUT2D eigenvalue weighted by Gasteiger charge is -2.32. The van der Waals surface area contributed by atoms with Crippen LogP contribution < -0.4 is 5.32 Å². The van der Waals surface area contributed by atoms with E-state index in [0.717, 1.165) is 26.2 Å². The lowest BCUT2D eigenvalue weighted by molar-refractivity contribution is -0.131. The molecule has 1 aliphatic rings. The van der Waals surface area contributed by atoms with E-state index in [1.807, 2.05) is 4.90 Å². The lowest BCUT2D eigenvalue weighted by Crippen LogP contribution is -2.49. The summed E-state index contributed by atoms with van der Waals surface area (Å²) in [7, 11) is 2.07. The Morgan fingerprint density at radius 2 is 2.07 bits per heavy atom. The third kappa shape index (κ3) is 3.36. The van der Waals surface area contributed by atoms with Gasteiger partial charge in [0.2, 0.25) is 5.91 Å². The number of nitrogens with one attached hydrogen (secondary N) is 1. The summed E-state index contributed by atoms with van der Waals surface area (Å²) in [4.78, 5) is 15.7. The first-order chi connectivity index (χ1) is 6.74. The van der Waals surface area contributed by atoms with Crippen molar-refractivity contribution in [3.8, 4) is 12.3 Å². The maximum absolute atomic E-state index is 11.6. The summed E-state index contributed by atoms with van der Waals surface area (Å²) in [5, 5.41) is 2.90. The van der Waals surface area contributed by atoms with Gasteiger partial charge in [-0.3, -0.25) is 10.1 Å². The van der Waals surface area contributed by atoms with Crippen LogP contribution in [0.2, 0.25) is 0 Å². The van der Waals surface area contributed by atoms with Crippen molar-refractivity contribution in [3.05, 3.63) is 0 Å². The normalized spacial score (nSPS) is 17.9. The number of hydrogen-bond donors (Lipinski definition) is 1. The van der Waals surface area contributed by atoms with Gasteiger partial charge in [0.1, 0.15) is 0 Å². The Hall–Kier alpha value is -1.05. The van der Waals surface area contributed by atoms with Gasteiger partial charge >= 0.3 is 0 Å². The molecular formula is C10H17N3O. The molecule has 1 aliphatic heterocycles. The van der Waals surface area contributed by atoms with Crippen LogP contribution >= 0.6 is 0 Å². The van der Waals surface area contributed by atoms with Crippen molar-refractivity contribution in [1.29, 1.82) is 0 Å². The van der Waals surface area contributed by atoms with Crippen molar-refractivity contribution in [2.45, 2.75) is 0 Å². The summed E-state index contributed by atoms with van der Waals surface area (Å²) >= 11 is 0. The van der Waals surface area contributed by atoms with Crippen LogP contribution in [-0.4, -0.2) is 62.0 Å². The molecule has 78 valence electrons. The monoisotopic (exact) mass is 195 g/mol. The smallest absolute Gasteiger partial charge is 0.236 e. The first-order valence-corrected chi connectivity index (χ1v) is 4.84. The number of likely N-dealkylation sites (N-methyl/N-ethyl adjacent to an activating group) is 1. The van der Waals surface area contributed by atoms with Crippen molar-refractivity contribution < 1.29 is 4.79 Å². The van der Waals surface area contributed by atoms with E-state index >= 15 is 0 Å². The minimum Gasteiger partial charge on any atom is -0.339 e. The molecule has 0 aromatic rings. The zero-order valence-electron chi connectivity index (χ0n) is 8.62. The van der Waals surface area contributed by atoms with E-state index in [4.69, 9.17) is 6.42 Å². The highest BCUT2D eigenvalue weighted by Gasteiger charge is 2.17. The molecule has 4 nitrogen and oxygen atoms in total. The van der Waals surface area contributed by atoms with Crippen LogP contribution in [0.15, 0.2) is 0 Å². The number of carbonyl (C=O) groups is 1. The molecule has 0 bridgehead atoms. The first kappa shape index (κ1) is 11.0. The molecule has 0 atom stereocenters. The molecular weight excluding hydrogens is 178 g/mol. The Balaban J connectivity index is 2.21. The molecule has 1 saturated heterocycles. The zero-order chi connectivity index (χ0) is 10.4. The van der Waals surface area contributed by atoms with Gasteiger partial charge in [-0.15, -0.1) is 6.42 Å². The van der Waals surface area contributed by atoms with E-state index in [1.54, 1.807) is 0 Å². The maximum atomic E-state index is 11.6. The minimum atomic E-state index is 0.147. The van der Waals surface area contributed by atoms with Crippen molar-refractivity contribution in [1.82, 2.24) is 15.1 Å². The first-order valence-electron chi connectivity index (χ1n) is 4.84. The Morgan fingerprint density at radius 3 is 2.64 bits per heavy atom. The van der Waals surface area contributed by atoms with Crippen molar-refractivity contribution >= 4 is 5.91 Å². The predicted molar refractivity (Wildman–Crippen MR) is 55.8 cm³/mol. The van der Waals surface area contributed by atoms with Crippen LogP contribution in [0.25, 0.3) is 0 Å². The highest BCUT2D eigenvalue weighted by molar-refractivity contribution is 5.78. The third-order valence-electron chi connectivity index (χ3n) is 2.36. The number of carbonyl (C=O) groups excluding carboxylic acids is 1. The van der Waals surface area contributed by atoms with Crippen LogP contribution in [0.5, 0.6) is 0 Å². The van der Waals surface area contributed by atoms with E-state index < -0.39 is 0 Å². The van der Waals surface area contributed by atoms with Crippen LogP contribution in [0.1, 0.15) is 0 Å². The van der Waals surface area contributed by atoms with Crippen molar-refractivity contribution in [2.24, 2.45) is 0 Å². The molecule has 1 amide bonds. The minimum absolute atomic E-state index is 0.147. The summed E-state index contributed by atoms with van der Waals surface area (Å²) in [6.07, 6.45) is 5.07. The quantitative estimate of drug-likeness (QED) is 0.463. The molecule has 0 unspecified atom stereocenters. The fourth-order valence-corrected chi connectivity index (χ4v) is 1.41. The molecule has 0 aromatic heterocycles. The molecule has 14 heavy (non-hydrogen) atoms. The van der Waals surface area contributed by atoms with Gasteiger partial charge in [-0.25, -0.2) is 0 Å². The number of amides is 1. The van der Waals surface area contributed by atoms with Gasteiger partial charge in [-0.1, -0.05) is 5.92 Å². The van der Waals surface area contributed by atoms with E-state index in [2.05, 4.69) is 23.2 Å². The SMILES string of the molecule is C#CCNCC(=O)N1CCN(C)CC1. The summed E-state index contributed by atoms with van der Waals surface area (Å²) in [6, 6.07) is 0. The molecule has 0 radical (unpaired) electrons. The largest absolute Gasteiger partial charge is 0.339 e. The van der Waals surface area contributed by atoms with Gasteiger partial charge in [0.25, 0.3) is 0 Å². The Morgan fingerprint density at radius 1 is 1.43 bits per heavy atom. The summed E-state index contributed by atoms with van der Waals surface area (Å²) < 4.78 is 0. The van der Waals surface area contributed by atoms with Gasteiger partial charge in [0, 0.05) is 26.2 Å². The fraction of sp³-hybridized carbons (Fsp3) is 0.700. The molecule has 0 aromatic carbocycles. The summed E-state index contributed by atoms with van der Waals surface area (Å²) in [5.41, 5.74) is 0. The topological polar surface area (TPSA) is 35.6 Å². The number of nitrogens with zero attached hydrogens (tertiary/aromatic N) is 2. The van der Waals surface area contributed by atoms with E-state index in [9.17, 15) is 4.79 Å². The van der Waals surface area contributed by atoms with Gasteiger partial charge in [-0.2, -0.15) is 0 Å². The Kier molecular flexibility index (Phi) is 4.44. The number of rotatable bonds is 3. The van der Waals surface area contributed by atoms with Crippen LogP contribution in [0.3, 0.4) is 0 Å². The predicted octanol–water partition coefficient (Wildman–Crippen LogP) is -1.02. The van der Waals surface area contributed by atoms with Crippen LogP contribution in [0.4, 0.5) is 0 Å². The van der Waals surface area contributed by atoms with Gasteiger partial charge in [0.15, 0.2) is 0 Å².